The fourth-order valence-electron chi connectivity index (χ4n) is 3.05. The second-order valence-electron chi connectivity index (χ2n) is 5.88. The average Bonchev–Trinajstić information content (AvgIpc) is 3.02. The largest absolute Gasteiger partial charge is 0.383 e. The van der Waals surface area contributed by atoms with Crippen LogP contribution < -0.4 is 0 Å². The summed E-state index contributed by atoms with van der Waals surface area (Å²) in [5.74, 6) is 0.996. The van der Waals surface area contributed by atoms with E-state index < -0.39 is 0 Å². The molecule has 126 valence electrons. The van der Waals surface area contributed by atoms with Crippen LogP contribution in [-0.4, -0.2) is 76.4 Å². The van der Waals surface area contributed by atoms with E-state index in [-0.39, 0.29) is 0 Å². The molecule has 0 aliphatic carbocycles. The molecule has 1 aliphatic heterocycles. The summed E-state index contributed by atoms with van der Waals surface area (Å²) in [6, 6.07) is 0.325. The Balaban J connectivity index is 2.07. The molecular formula is C15H30N6O. The molecule has 1 aliphatic rings. The van der Waals surface area contributed by atoms with Gasteiger partial charge in [0.1, 0.15) is 0 Å². The predicted octanol–water partition coefficient (Wildman–Crippen LogP) is 1.19. The molecule has 2 heterocycles. The predicted molar refractivity (Wildman–Crippen MR) is 85.6 cm³/mol. The minimum absolute atomic E-state index is 0.325. The molecule has 1 aromatic heterocycles. The van der Waals surface area contributed by atoms with Crippen molar-refractivity contribution in [3.63, 3.8) is 0 Å². The van der Waals surface area contributed by atoms with E-state index in [1.807, 2.05) is 4.68 Å². The summed E-state index contributed by atoms with van der Waals surface area (Å²) in [7, 11) is 1.71. The van der Waals surface area contributed by atoms with Crippen LogP contribution in [0.25, 0.3) is 0 Å². The molecule has 0 saturated carbocycles. The number of piperazine rings is 1. The Morgan fingerprint density at radius 3 is 2.59 bits per heavy atom. The van der Waals surface area contributed by atoms with Gasteiger partial charge in [0.05, 0.1) is 19.2 Å². The van der Waals surface area contributed by atoms with Gasteiger partial charge in [-0.15, -0.1) is 5.10 Å². The maximum Gasteiger partial charge on any atom is 0.168 e. The zero-order valence-electron chi connectivity index (χ0n) is 14.2. The molecule has 0 unspecified atom stereocenters. The van der Waals surface area contributed by atoms with Gasteiger partial charge in [-0.25, -0.2) is 4.68 Å². The highest BCUT2D eigenvalue weighted by atomic mass is 16.5. The summed E-state index contributed by atoms with van der Waals surface area (Å²) in [5.41, 5.74) is 0. The smallest absolute Gasteiger partial charge is 0.168 e. The Kier molecular flexibility index (Phi) is 7.21. The molecule has 1 atom stereocenters. The first kappa shape index (κ1) is 17.3. The van der Waals surface area contributed by atoms with E-state index in [1.54, 1.807) is 7.11 Å². The molecule has 22 heavy (non-hydrogen) atoms. The topological polar surface area (TPSA) is 59.3 Å². The third-order valence-electron chi connectivity index (χ3n) is 4.49. The monoisotopic (exact) mass is 310 g/mol. The van der Waals surface area contributed by atoms with Gasteiger partial charge in [-0.3, -0.25) is 4.90 Å². The molecule has 1 saturated heterocycles. The first-order chi connectivity index (χ1) is 10.8. The minimum Gasteiger partial charge on any atom is -0.383 e. The fourth-order valence-corrected chi connectivity index (χ4v) is 3.05. The Hall–Kier alpha value is -1.05. The lowest BCUT2D eigenvalue weighted by molar-refractivity contribution is 0.0867. The molecule has 0 N–H and O–H groups in total. The highest BCUT2D eigenvalue weighted by molar-refractivity contribution is 4.95. The maximum atomic E-state index is 5.17. The van der Waals surface area contributed by atoms with Crippen LogP contribution in [0.4, 0.5) is 0 Å². The second-order valence-corrected chi connectivity index (χ2v) is 5.88. The maximum absolute atomic E-state index is 5.17. The van der Waals surface area contributed by atoms with E-state index in [0.29, 0.717) is 12.6 Å². The Labute approximate surface area is 133 Å². The molecule has 0 aromatic carbocycles. The lowest BCUT2D eigenvalue weighted by atomic mass is 10.1. The minimum atomic E-state index is 0.325. The molecule has 7 nitrogen and oxygen atoms in total. The summed E-state index contributed by atoms with van der Waals surface area (Å²) >= 11 is 0. The molecule has 0 spiro atoms. The number of tetrazole rings is 1. The van der Waals surface area contributed by atoms with Gasteiger partial charge in [0.2, 0.25) is 0 Å². The van der Waals surface area contributed by atoms with Gasteiger partial charge >= 0.3 is 0 Å². The van der Waals surface area contributed by atoms with E-state index in [2.05, 4.69) is 39.2 Å². The summed E-state index contributed by atoms with van der Waals surface area (Å²) in [6.45, 7) is 11.4. The van der Waals surface area contributed by atoms with Gasteiger partial charge in [0.15, 0.2) is 5.82 Å². The normalized spacial score (nSPS) is 18.7. The van der Waals surface area contributed by atoms with E-state index >= 15 is 0 Å². The van der Waals surface area contributed by atoms with Crippen molar-refractivity contribution in [2.45, 2.75) is 45.7 Å². The van der Waals surface area contributed by atoms with E-state index in [4.69, 9.17) is 4.74 Å². The van der Waals surface area contributed by atoms with Gasteiger partial charge < -0.3 is 9.64 Å². The second kappa shape index (κ2) is 9.17. The Morgan fingerprint density at radius 2 is 1.95 bits per heavy atom. The van der Waals surface area contributed by atoms with Crippen molar-refractivity contribution < 1.29 is 4.74 Å². The van der Waals surface area contributed by atoms with Crippen molar-refractivity contribution in [3.8, 4) is 0 Å². The number of hydrogen-bond donors (Lipinski definition) is 0. The van der Waals surface area contributed by atoms with Crippen molar-refractivity contribution in [1.82, 2.24) is 30.0 Å². The van der Waals surface area contributed by atoms with Gasteiger partial charge in [0.25, 0.3) is 0 Å². The van der Waals surface area contributed by atoms with Gasteiger partial charge in [0, 0.05) is 33.3 Å². The van der Waals surface area contributed by atoms with Crippen LogP contribution in [0.3, 0.4) is 0 Å². The number of unbranched alkanes of at least 4 members (excludes halogenated alkanes) is 1. The lowest BCUT2D eigenvalue weighted by Gasteiger charge is -2.38. The van der Waals surface area contributed by atoms with Crippen molar-refractivity contribution in [2.24, 2.45) is 0 Å². The standard InChI is InChI=1S/C15H30N6O/c1-4-6-7-14(20-10-8-19(5-2)9-11-20)15-16-17-18-21(15)12-13-22-3/h14H,4-13H2,1-3H3/t14-/m0/s1. The Bertz CT molecular complexity index is 416. The van der Waals surface area contributed by atoms with Crippen LogP contribution in [-0.2, 0) is 11.3 Å². The zero-order valence-corrected chi connectivity index (χ0v) is 14.2. The van der Waals surface area contributed by atoms with Crippen molar-refractivity contribution in [2.75, 3.05) is 46.4 Å². The molecule has 1 aromatic rings. The molecule has 2 rings (SSSR count). The molecule has 0 bridgehead atoms. The Morgan fingerprint density at radius 1 is 1.18 bits per heavy atom. The summed E-state index contributed by atoms with van der Waals surface area (Å²) in [5, 5.41) is 12.4. The van der Waals surface area contributed by atoms with E-state index in [0.717, 1.165) is 51.5 Å². The van der Waals surface area contributed by atoms with Crippen molar-refractivity contribution in [3.05, 3.63) is 5.82 Å². The summed E-state index contributed by atoms with van der Waals surface area (Å²) in [6.07, 6.45) is 3.52. The van der Waals surface area contributed by atoms with E-state index in [9.17, 15) is 0 Å². The highest BCUT2D eigenvalue weighted by Gasteiger charge is 2.28. The number of hydrogen-bond acceptors (Lipinski definition) is 6. The molecule has 7 heteroatoms. The number of likely N-dealkylation sites (N-methyl/N-ethyl adjacent to an activating group) is 1. The number of ether oxygens (including phenoxy) is 1. The fraction of sp³-hybridized carbons (Fsp3) is 0.933. The van der Waals surface area contributed by atoms with Crippen LogP contribution in [0.5, 0.6) is 0 Å². The van der Waals surface area contributed by atoms with E-state index in [1.165, 1.54) is 12.8 Å². The third-order valence-corrected chi connectivity index (χ3v) is 4.49. The van der Waals surface area contributed by atoms with Crippen LogP contribution in [0.15, 0.2) is 0 Å². The molecule has 0 radical (unpaired) electrons. The van der Waals surface area contributed by atoms with Crippen LogP contribution in [0.1, 0.15) is 45.0 Å². The zero-order chi connectivity index (χ0) is 15.8. The number of methoxy groups -OCH3 is 1. The SMILES string of the molecule is CCCC[C@@H](c1nnnn1CCOC)N1CCN(CC)CC1. The number of aromatic nitrogens is 4. The van der Waals surface area contributed by atoms with Crippen LogP contribution in [0, 0.1) is 0 Å². The highest BCUT2D eigenvalue weighted by Crippen LogP contribution is 2.25. The molecule has 0 amide bonds. The van der Waals surface area contributed by atoms with Gasteiger partial charge in [-0.05, 0) is 23.4 Å². The first-order valence-corrected chi connectivity index (χ1v) is 8.51. The quantitative estimate of drug-likeness (QED) is 0.683. The van der Waals surface area contributed by atoms with Gasteiger partial charge in [-0.2, -0.15) is 0 Å². The molecular weight excluding hydrogens is 280 g/mol. The first-order valence-electron chi connectivity index (χ1n) is 8.51. The van der Waals surface area contributed by atoms with Crippen molar-refractivity contribution >= 4 is 0 Å². The van der Waals surface area contributed by atoms with Gasteiger partial charge in [-0.1, -0.05) is 26.7 Å². The molecule has 1 fully saturated rings. The van der Waals surface area contributed by atoms with Crippen LogP contribution >= 0.6 is 0 Å². The number of nitrogens with zero attached hydrogens (tertiary/aromatic N) is 6. The average molecular weight is 310 g/mol. The van der Waals surface area contributed by atoms with Crippen LogP contribution in [0.2, 0.25) is 0 Å². The lowest BCUT2D eigenvalue weighted by Crippen LogP contribution is -2.47. The third kappa shape index (κ3) is 4.47. The number of rotatable bonds is 9. The van der Waals surface area contributed by atoms with Crippen molar-refractivity contribution in [1.29, 1.82) is 0 Å². The summed E-state index contributed by atoms with van der Waals surface area (Å²) in [4.78, 5) is 5.05. The summed E-state index contributed by atoms with van der Waals surface area (Å²) < 4.78 is 7.08.